The van der Waals surface area contributed by atoms with Crippen LogP contribution in [0, 0.1) is 29.6 Å². The molecule has 0 radical (unpaired) electrons. The van der Waals surface area contributed by atoms with Gasteiger partial charge in [0.1, 0.15) is 0 Å². The minimum atomic E-state index is 0.105. The second kappa shape index (κ2) is 10.0. The van der Waals surface area contributed by atoms with Gasteiger partial charge in [-0.25, -0.2) is 4.68 Å². The van der Waals surface area contributed by atoms with Gasteiger partial charge < -0.3 is 10.6 Å². The number of piperidine rings is 1. The second-order valence-electron chi connectivity index (χ2n) is 8.67. The van der Waals surface area contributed by atoms with Gasteiger partial charge in [-0.05, 0) is 75.0 Å². The van der Waals surface area contributed by atoms with Crippen molar-refractivity contribution < 1.29 is 4.79 Å². The Hall–Kier alpha value is -1.77. The lowest BCUT2D eigenvalue weighted by Gasteiger charge is -2.31. The summed E-state index contributed by atoms with van der Waals surface area (Å²) in [6.45, 7) is 13.0. The molecule has 1 fully saturated rings. The maximum atomic E-state index is 12.5. The summed E-state index contributed by atoms with van der Waals surface area (Å²) in [5.74, 6) is 0.751. The Balaban J connectivity index is 1.53. The van der Waals surface area contributed by atoms with E-state index in [1.54, 1.807) is 0 Å². The molecule has 2 N–H and O–H groups in total. The molecule has 1 aromatic heterocycles. The van der Waals surface area contributed by atoms with Crippen molar-refractivity contribution in [2.45, 2.75) is 60.2 Å². The van der Waals surface area contributed by atoms with E-state index >= 15 is 0 Å². The molecule has 1 unspecified atom stereocenters. The molecule has 2 heterocycles. The molecule has 6 nitrogen and oxygen atoms in total. The monoisotopic (exact) mass is 447 g/mol. The standard InChI is InChI=1S/C22H33N5OS2/c1-14(2)17(5)23-20(28)18-8-10-26(11-9-18)13-27-22(29)30-21(25-27)24-19-7-6-15(3)16(4)12-19/h6-7,12,14,17-18H,8-11,13H2,1-5H3,(H,23,28)(H,24,25). The number of amides is 1. The maximum Gasteiger partial charge on any atom is 0.223 e. The summed E-state index contributed by atoms with van der Waals surface area (Å²) in [5, 5.41) is 12.0. The van der Waals surface area contributed by atoms with Crippen molar-refractivity contribution in [2.24, 2.45) is 11.8 Å². The number of carbonyl (C=O) groups excluding carboxylic acids is 1. The van der Waals surface area contributed by atoms with E-state index in [1.807, 2.05) is 4.68 Å². The predicted molar refractivity (Wildman–Crippen MR) is 127 cm³/mol. The van der Waals surface area contributed by atoms with Crippen LogP contribution in [0.1, 0.15) is 44.7 Å². The van der Waals surface area contributed by atoms with Crippen LogP contribution >= 0.6 is 23.6 Å². The molecule has 8 heteroatoms. The number of nitrogens with one attached hydrogen (secondary N) is 2. The first-order valence-corrected chi connectivity index (χ1v) is 11.9. The molecule has 1 saturated heterocycles. The van der Waals surface area contributed by atoms with E-state index in [0.29, 0.717) is 12.6 Å². The number of likely N-dealkylation sites (tertiary alicyclic amines) is 1. The van der Waals surface area contributed by atoms with E-state index in [0.717, 1.165) is 40.7 Å². The van der Waals surface area contributed by atoms with Crippen molar-refractivity contribution in [2.75, 3.05) is 18.4 Å². The van der Waals surface area contributed by atoms with Crippen LogP contribution in [0.15, 0.2) is 18.2 Å². The molecule has 0 spiro atoms. The first-order valence-electron chi connectivity index (χ1n) is 10.7. The van der Waals surface area contributed by atoms with Gasteiger partial charge in [0, 0.05) is 30.7 Å². The zero-order chi connectivity index (χ0) is 21.8. The summed E-state index contributed by atoms with van der Waals surface area (Å²) in [6.07, 6.45) is 1.75. The highest BCUT2D eigenvalue weighted by molar-refractivity contribution is 7.73. The van der Waals surface area contributed by atoms with Gasteiger partial charge >= 0.3 is 0 Å². The molecule has 30 heavy (non-hydrogen) atoms. The van der Waals surface area contributed by atoms with Gasteiger partial charge in [0.05, 0.1) is 6.67 Å². The maximum absolute atomic E-state index is 12.5. The molecule has 1 aromatic carbocycles. The molecule has 1 atom stereocenters. The lowest BCUT2D eigenvalue weighted by atomic mass is 9.95. The summed E-state index contributed by atoms with van der Waals surface area (Å²) in [7, 11) is 0. The van der Waals surface area contributed by atoms with E-state index < -0.39 is 0 Å². The highest BCUT2D eigenvalue weighted by Gasteiger charge is 2.26. The minimum absolute atomic E-state index is 0.105. The molecular weight excluding hydrogens is 414 g/mol. The third-order valence-corrected chi connectivity index (χ3v) is 7.25. The fourth-order valence-corrected chi connectivity index (χ4v) is 4.44. The number of rotatable bonds is 7. The third-order valence-electron chi connectivity index (χ3n) is 6.03. The molecular formula is C22H33N5OS2. The summed E-state index contributed by atoms with van der Waals surface area (Å²) < 4.78 is 2.64. The van der Waals surface area contributed by atoms with Crippen LogP contribution in [0.3, 0.4) is 0 Å². The molecule has 1 aliphatic heterocycles. The van der Waals surface area contributed by atoms with Crippen LogP contribution in [0.25, 0.3) is 0 Å². The van der Waals surface area contributed by atoms with Gasteiger partial charge in [-0.1, -0.05) is 31.3 Å². The van der Waals surface area contributed by atoms with Crippen molar-refractivity contribution in [3.63, 3.8) is 0 Å². The minimum Gasteiger partial charge on any atom is -0.353 e. The first-order chi connectivity index (χ1) is 14.2. The largest absolute Gasteiger partial charge is 0.353 e. The summed E-state index contributed by atoms with van der Waals surface area (Å²) >= 11 is 7.02. The highest BCUT2D eigenvalue weighted by Crippen LogP contribution is 2.24. The van der Waals surface area contributed by atoms with E-state index in [2.05, 4.69) is 73.4 Å². The molecule has 1 aliphatic rings. The summed E-state index contributed by atoms with van der Waals surface area (Å²) in [6, 6.07) is 6.51. The van der Waals surface area contributed by atoms with Gasteiger partial charge in [0.25, 0.3) is 0 Å². The molecule has 1 amide bonds. The Morgan fingerprint density at radius 1 is 1.23 bits per heavy atom. The number of carbonyl (C=O) groups is 1. The van der Waals surface area contributed by atoms with Crippen LogP contribution < -0.4 is 10.6 Å². The predicted octanol–water partition coefficient (Wildman–Crippen LogP) is 4.86. The van der Waals surface area contributed by atoms with Crippen molar-refractivity contribution in [1.82, 2.24) is 20.0 Å². The van der Waals surface area contributed by atoms with Crippen LogP contribution in [-0.4, -0.2) is 39.7 Å². The molecule has 3 rings (SSSR count). The Morgan fingerprint density at radius 3 is 2.57 bits per heavy atom. The normalized spacial score (nSPS) is 16.6. The molecule has 0 aliphatic carbocycles. The van der Waals surface area contributed by atoms with Gasteiger partial charge in [-0.15, -0.1) is 5.10 Å². The van der Waals surface area contributed by atoms with E-state index in [-0.39, 0.29) is 17.9 Å². The SMILES string of the molecule is Cc1ccc(Nc2nn(CN3CCC(C(=O)NC(C)C(C)C)CC3)c(=S)s2)cc1C. The van der Waals surface area contributed by atoms with Crippen LogP contribution in [0.2, 0.25) is 0 Å². The van der Waals surface area contributed by atoms with Crippen LogP contribution in [-0.2, 0) is 11.5 Å². The van der Waals surface area contributed by atoms with Gasteiger partial charge in [0.2, 0.25) is 11.0 Å². The average Bonchev–Trinajstić information content (AvgIpc) is 3.03. The Morgan fingerprint density at radius 2 is 1.93 bits per heavy atom. The highest BCUT2D eigenvalue weighted by atomic mass is 32.1. The van der Waals surface area contributed by atoms with E-state index in [4.69, 9.17) is 12.2 Å². The zero-order valence-electron chi connectivity index (χ0n) is 18.6. The number of aryl methyl sites for hydroxylation is 2. The number of hydrogen-bond acceptors (Lipinski definition) is 6. The molecule has 164 valence electrons. The molecule has 0 bridgehead atoms. The van der Waals surface area contributed by atoms with Crippen molar-refractivity contribution >= 4 is 40.3 Å². The fourth-order valence-electron chi connectivity index (χ4n) is 3.42. The third kappa shape index (κ3) is 5.89. The quantitative estimate of drug-likeness (QED) is 0.593. The van der Waals surface area contributed by atoms with Gasteiger partial charge in [-0.2, -0.15) is 0 Å². The molecule has 0 saturated carbocycles. The second-order valence-corrected chi connectivity index (χ2v) is 10.3. The van der Waals surface area contributed by atoms with Crippen LogP contribution in [0.4, 0.5) is 10.8 Å². The average molecular weight is 448 g/mol. The fraction of sp³-hybridized carbons (Fsp3) is 0.591. The number of anilines is 2. The Kier molecular flexibility index (Phi) is 7.65. The van der Waals surface area contributed by atoms with Crippen molar-refractivity contribution in [1.29, 1.82) is 0 Å². The van der Waals surface area contributed by atoms with Crippen LogP contribution in [0.5, 0.6) is 0 Å². The van der Waals surface area contributed by atoms with Gasteiger partial charge in [-0.3, -0.25) is 9.69 Å². The van der Waals surface area contributed by atoms with Crippen molar-refractivity contribution in [3.05, 3.63) is 33.3 Å². The first kappa shape index (κ1) is 22.9. The van der Waals surface area contributed by atoms with E-state index in [9.17, 15) is 4.79 Å². The number of benzene rings is 1. The summed E-state index contributed by atoms with van der Waals surface area (Å²) in [5.41, 5.74) is 3.55. The zero-order valence-corrected chi connectivity index (χ0v) is 20.2. The molecule has 2 aromatic rings. The summed E-state index contributed by atoms with van der Waals surface area (Å²) in [4.78, 5) is 14.8. The van der Waals surface area contributed by atoms with Gasteiger partial charge in [0.15, 0.2) is 3.95 Å². The number of nitrogens with zero attached hydrogens (tertiary/aromatic N) is 3. The lowest BCUT2D eigenvalue weighted by molar-refractivity contribution is -0.127. The van der Waals surface area contributed by atoms with E-state index in [1.165, 1.54) is 22.5 Å². The van der Waals surface area contributed by atoms with Crippen molar-refractivity contribution in [3.8, 4) is 0 Å². The Labute approximate surface area is 188 Å². The topological polar surface area (TPSA) is 62.2 Å². The number of hydrogen-bond donors (Lipinski definition) is 2. The lowest BCUT2D eigenvalue weighted by Crippen LogP contribution is -2.44. The number of aromatic nitrogens is 2. The Bertz CT molecular complexity index is 928. The smallest absolute Gasteiger partial charge is 0.223 e.